The lowest BCUT2D eigenvalue weighted by Gasteiger charge is -2.27. The van der Waals surface area contributed by atoms with Gasteiger partial charge in [-0.3, -0.25) is 19.4 Å². The molecule has 1 unspecified atom stereocenters. The summed E-state index contributed by atoms with van der Waals surface area (Å²) in [6.07, 6.45) is 2.76. The van der Waals surface area contributed by atoms with Crippen LogP contribution in [0.2, 0.25) is 0 Å². The summed E-state index contributed by atoms with van der Waals surface area (Å²) >= 11 is 0. The Morgan fingerprint density at radius 2 is 1.80 bits per heavy atom. The smallest absolute Gasteiger partial charge is 0.262 e. The number of likely N-dealkylation sites (tertiary alicyclic amines) is 1. The van der Waals surface area contributed by atoms with E-state index in [1.807, 2.05) is 0 Å². The maximum atomic E-state index is 12.3. The van der Waals surface area contributed by atoms with Crippen molar-refractivity contribution in [3.63, 3.8) is 0 Å². The van der Waals surface area contributed by atoms with Gasteiger partial charge < -0.3 is 5.11 Å². The lowest BCUT2D eigenvalue weighted by Crippen LogP contribution is -2.43. The van der Waals surface area contributed by atoms with Gasteiger partial charge in [-0.05, 0) is 31.4 Å². The number of carbonyl (C=O) groups is 2. The molecule has 1 fully saturated rings. The maximum absolute atomic E-state index is 12.3. The molecule has 5 heteroatoms. The number of rotatable bonds is 4. The Labute approximate surface area is 117 Å². The molecular weight excluding hydrogens is 256 g/mol. The summed E-state index contributed by atoms with van der Waals surface area (Å²) in [5.74, 6) is -0.416. The topological polar surface area (TPSA) is 60.9 Å². The minimum atomic E-state index is -0.208. The van der Waals surface area contributed by atoms with E-state index in [0.29, 0.717) is 24.2 Å². The average molecular weight is 274 g/mol. The molecule has 0 saturated carbocycles. The van der Waals surface area contributed by atoms with E-state index in [2.05, 4.69) is 4.90 Å². The zero-order valence-corrected chi connectivity index (χ0v) is 11.3. The highest BCUT2D eigenvalue weighted by molar-refractivity contribution is 6.21. The Morgan fingerprint density at radius 3 is 2.40 bits per heavy atom. The normalized spacial score (nSPS) is 22.6. The molecule has 2 aliphatic rings. The lowest BCUT2D eigenvalue weighted by molar-refractivity contribution is 0.0515. The Balaban J connectivity index is 1.76. The number of benzene rings is 1. The summed E-state index contributed by atoms with van der Waals surface area (Å²) in [4.78, 5) is 28.0. The van der Waals surface area contributed by atoms with Gasteiger partial charge in [-0.2, -0.15) is 0 Å². The van der Waals surface area contributed by atoms with Gasteiger partial charge in [-0.25, -0.2) is 0 Å². The number of amides is 2. The van der Waals surface area contributed by atoms with Gasteiger partial charge in [0.15, 0.2) is 0 Å². The van der Waals surface area contributed by atoms with E-state index in [1.165, 1.54) is 4.90 Å². The van der Waals surface area contributed by atoms with E-state index in [4.69, 9.17) is 5.11 Å². The van der Waals surface area contributed by atoms with E-state index in [0.717, 1.165) is 19.4 Å². The van der Waals surface area contributed by atoms with Gasteiger partial charge in [-0.15, -0.1) is 0 Å². The Kier molecular flexibility index (Phi) is 3.54. The molecule has 0 bridgehead atoms. The van der Waals surface area contributed by atoms with Crippen LogP contribution in [0.1, 0.15) is 40.0 Å². The molecule has 0 spiro atoms. The van der Waals surface area contributed by atoms with Crippen LogP contribution in [0.25, 0.3) is 0 Å². The minimum Gasteiger partial charge on any atom is -0.396 e. The number of fused-ring (bicyclic) bond motifs is 1. The SMILES string of the molecule is O=C1c2ccccc2C(=O)N1CN1CCCC1CCO. The second-order valence-electron chi connectivity index (χ2n) is 5.35. The predicted octanol–water partition coefficient (Wildman–Crippen LogP) is 1.09. The van der Waals surface area contributed by atoms with Gasteiger partial charge in [0, 0.05) is 19.2 Å². The standard InChI is InChI=1S/C15H18N2O3/c18-9-7-11-4-3-8-16(11)10-17-14(19)12-5-1-2-6-13(12)15(17)20/h1-2,5-6,11,18H,3-4,7-10H2. The van der Waals surface area contributed by atoms with E-state index >= 15 is 0 Å². The summed E-state index contributed by atoms with van der Waals surface area (Å²) in [5, 5.41) is 9.08. The van der Waals surface area contributed by atoms with Crippen molar-refractivity contribution in [2.45, 2.75) is 25.3 Å². The fourth-order valence-corrected chi connectivity index (χ4v) is 3.11. The molecule has 0 radical (unpaired) electrons. The molecule has 106 valence electrons. The highest BCUT2D eigenvalue weighted by atomic mass is 16.3. The quantitative estimate of drug-likeness (QED) is 0.835. The molecule has 1 N–H and O–H groups in total. The van der Waals surface area contributed by atoms with E-state index < -0.39 is 0 Å². The second kappa shape index (κ2) is 5.34. The first-order chi connectivity index (χ1) is 9.72. The monoisotopic (exact) mass is 274 g/mol. The van der Waals surface area contributed by atoms with E-state index in [-0.39, 0.29) is 24.5 Å². The number of hydrogen-bond donors (Lipinski definition) is 1. The molecule has 0 aliphatic carbocycles. The number of carbonyl (C=O) groups excluding carboxylic acids is 2. The van der Waals surface area contributed by atoms with Gasteiger partial charge in [0.25, 0.3) is 11.8 Å². The largest absolute Gasteiger partial charge is 0.396 e. The van der Waals surface area contributed by atoms with Gasteiger partial charge in [0.05, 0.1) is 17.8 Å². The van der Waals surface area contributed by atoms with Crippen molar-refractivity contribution in [1.29, 1.82) is 0 Å². The van der Waals surface area contributed by atoms with E-state index in [1.54, 1.807) is 24.3 Å². The third kappa shape index (κ3) is 2.13. The van der Waals surface area contributed by atoms with Gasteiger partial charge in [-0.1, -0.05) is 12.1 Å². The van der Waals surface area contributed by atoms with Crippen molar-refractivity contribution in [3.05, 3.63) is 35.4 Å². The molecule has 1 saturated heterocycles. The first kappa shape index (κ1) is 13.3. The van der Waals surface area contributed by atoms with Crippen molar-refractivity contribution < 1.29 is 14.7 Å². The third-order valence-electron chi connectivity index (χ3n) is 4.16. The summed E-state index contributed by atoms with van der Waals surface area (Å²) in [6.45, 7) is 1.35. The van der Waals surface area contributed by atoms with Crippen LogP contribution < -0.4 is 0 Å². The van der Waals surface area contributed by atoms with Crippen LogP contribution in [0.5, 0.6) is 0 Å². The van der Waals surface area contributed by atoms with Crippen molar-refractivity contribution in [1.82, 2.24) is 9.80 Å². The fraction of sp³-hybridized carbons (Fsp3) is 0.467. The van der Waals surface area contributed by atoms with Gasteiger partial charge in [0.2, 0.25) is 0 Å². The van der Waals surface area contributed by atoms with Crippen LogP contribution in [-0.4, -0.2) is 52.6 Å². The number of aliphatic hydroxyl groups excluding tert-OH is 1. The summed E-state index contributed by atoms with van der Waals surface area (Å²) in [7, 11) is 0. The van der Waals surface area contributed by atoms with Crippen molar-refractivity contribution in [2.75, 3.05) is 19.8 Å². The second-order valence-corrected chi connectivity index (χ2v) is 5.35. The molecule has 2 heterocycles. The highest BCUT2D eigenvalue weighted by Crippen LogP contribution is 2.26. The van der Waals surface area contributed by atoms with Gasteiger partial charge in [0.1, 0.15) is 0 Å². The van der Waals surface area contributed by atoms with Gasteiger partial charge >= 0.3 is 0 Å². The Hall–Kier alpha value is -1.72. The summed E-state index contributed by atoms with van der Waals surface area (Å²) in [5.41, 5.74) is 0.991. The number of imide groups is 1. The van der Waals surface area contributed by atoms with Crippen molar-refractivity contribution in [3.8, 4) is 0 Å². The zero-order valence-electron chi connectivity index (χ0n) is 11.3. The van der Waals surface area contributed by atoms with E-state index in [9.17, 15) is 9.59 Å². The molecule has 1 aromatic rings. The minimum absolute atomic E-state index is 0.142. The van der Waals surface area contributed by atoms with Crippen LogP contribution in [0.15, 0.2) is 24.3 Å². The first-order valence-electron chi connectivity index (χ1n) is 7.02. The van der Waals surface area contributed by atoms with Crippen LogP contribution in [0.4, 0.5) is 0 Å². The van der Waals surface area contributed by atoms with Crippen LogP contribution in [-0.2, 0) is 0 Å². The molecular formula is C15H18N2O3. The molecule has 1 atom stereocenters. The molecule has 20 heavy (non-hydrogen) atoms. The van der Waals surface area contributed by atoms with Crippen LogP contribution in [0, 0.1) is 0 Å². The molecule has 5 nitrogen and oxygen atoms in total. The Morgan fingerprint density at radius 1 is 1.15 bits per heavy atom. The van der Waals surface area contributed by atoms with Crippen LogP contribution in [0.3, 0.4) is 0 Å². The molecule has 3 rings (SSSR count). The summed E-state index contributed by atoms with van der Waals surface area (Å²) < 4.78 is 0. The first-order valence-corrected chi connectivity index (χ1v) is 7.02. The predicted molar refractivity (Wildman–Crippen MR) is 73.2 cm³/mol. The molecule has 2 amide bonds. The summed E-state index contributed by atoms with van der Waals surface area (Å²) in [6, 6.07) is 7.22. The van der Waals surface area contributed by atoms with Crippen LogP contribution >= 0.6 is 0 Å². The average Bonchev–Trinajstić information content (AvgIpc) is 2.99. The fourth-order valence-electron chi connectivity index (χ4n) is 3.11. The number of aliphatic hydroxyl groups is 1. The Bertz CT molecular complexity index is 509. The number of nitrogens with zero attached hydrogens (tertiary/aromatic N) is 2. The zero-order chi connectivity index (χ0) is 14.1. The molecule has 1 aromatic carbocycles. The number of hydrogen-bond acceptors (Lipinski definition) is 4. The van der Waals surface area contributed by atoms with Crippen molar-refractivity contribution >= 4 is 11.8 Å². The maximum Gasteiger partial charge on any atom is 0.262 e. The van der Waals surface area contributed by atoms with Crippen molar-refractivity contribution in [2.24, 2.45) is 0 Å². The highest BCUT2D eigenvalue weighted by Gasteiger charge is 2.37. The lowest BCUT2D eigenvalue weighted by atomic mass is 10.1. The third-order valence-corrected chi connectivity index (χ3v) is 4.16. The molecule has 2 aliphatic heterocycles. The molecule has 0 aromatic heterocycles.